The van der Waals surface area contributed by atoms with Gasteiger partial charge in [-0.2, -0.15) is 0 Å². The molecule has 0 fully saturated rings. The lowest BCUT2D eigenvalue weighted by molar-refractivity contribution is 0.436. The lowest BCUT2D eigenvalue weighted by atomic mass is 10.0. The van der Waals surface area contributed by atoms with Crippen molar-refractivity contribution in [3.63, 3.8) is 0 Å². The van der Waals surface area contributed by atoms with Crippen LogP contribution in [-0.2, 0) is 0 Å². The molecule has 0 unspecified atom stereocenters. The minimum Gasteiger partial charge on any atom is -0.380 e. The zero-order chi connectivity index (χ0) is 14.2. The number of rotatable bonds is 2. The lowest BCUT2D eigenvalue weighted by Crippen LogP contribution is -1.88. The highest BCUT2D eigenvalue weighted by Crippen LogP contribution is 2.40. The molecule has 4 rings (SSSR count). The summed E-state index contributed by atoms with van der Waals surface area (Å²) in [6.07, 6.45) is 1.78. The molecule has 3 aromatic heterocycles. The van der Waals surface area contributed by atoms with Crippen LogP contribution in [0.4, 0.5) is 5.82 Å². The number of pyridine rings is 1. The van der Waals surface area contributed by atoms with E-state index in [2.05, 4.69) is 10.1 Å². The Kier molecular flexibility index (Phi) is 2.72. The molecule has 102 valence electrons. The van der Waals surface area contributed by atoms with E-state index in [1.54, 1.807) is 17.5 Å². The fraction of sp³-hybridized carbons (Fsp3) is 0. The monoisotopic (exact) mass is 293 g/mol. The highest BCUT2D eigenvalue weighted by atomic mass is 32.1. The molecule has 0 saturated carbocycles. The molecule has 0 aliphatic rings. The van der Waals surface area contributed by atoms with E-state index in [1.165, 1.54) is 0 Å². The van der Waals surface area contributed by atoms with Gasteiger partial charge in [-0.1, -0.05) is 29.4 Å². The van der Waals surface area contributed by atoms with Gasteiger partial charge >= 0.3 is 0 Å². The molecule has 0 amide bonds. The number of benzene rings is 1. The van der Waals surface area contributed by atoms with Gasteiger partial charge in [0.15, 0.2) is 11.6 Å². The number of anilines is 1. The lowest BCUT2D eigenvalue weighted by Gasteiger charge is -2.04. The van der Waals surface area contributed by atoms with E-state index >= 15 is 0 Å². The maximum Gasteiger partial charge on any atom is 0.178 e. The molecule has 0 saturated heterocycles. The number of nitrogens with zero attached hydrogens (tertiary/aromatic N) is 2. The fourth-order valence-electron chi connectivity index (χ4n) is 2.45. The highest BCUT2D eigenvalue weighted by molar-refractivity contribution is 7.13. The molecule has 1 aromatic carbocycles. The van der Waals surface area contributed by atoms with E-state index in [0.29, 0.717) is 11.6 Å². The zero-order valence-corrected chi connectivity index (χ0v) is 11.8. The first kappa shape index (κ1) is 12.1. The average molecular weight is 293 g/mol. The quantitative estimate of drug-likeness (QED) is 0.601. The Morgan fingerprint density at radius 2 is 2.00 bits per heavy atom. The van der Waals surface area contributed by atoms with Crippen LogP contribution >= 0.6 is 11.3 Å². The number of thiophene rings is 1. The van der Waals surface area contributed by atoms with E-state index in [-0.39, 0.29) is 0 Å². The van der Waals surface area contributed by atoms with Gasteiger partial charge in [-0.3, -0.25) is 4.98 Å². The fourth-order valence-corrected chi connectivity index (χ4v) is 3.22. The topological polar surface area (TPSA) is 64.9 Å². The zero-order valence-electron chi connectivity index (χ0n) is 11.0. The number of fused-ring (bicyclic) bond motifs is 1. The normalized spacial score (nSPS) is 11.0. The standard InChI is InChI=1S/C16H11N3OS/c17-16-14(13-7-3-9-21-13)15(20-19-16)11-4-1-6-12-10(11)5-2-8-18-12/h1-9H,(H2,17,19). The summed E-state index contributed by atoms with van der Waals surface area (Å²) in [6, 6.07) is 13.9. The van der Waals surface area contributed by atoms with Crippen LogP contribution in [0.15, 0.2) is 58.6 Å². The summed E-state index contributed by atoms with van der Waals surface area (Å²) in [5.74, 6) is 1.10. The number of nitrogens with two attached hydrogens (primary N) is 1. The van der Waals surface area contributed by atoms with Crippen molar-refractivity contribution < 1.29 is 4.52 Å². The third-order valence-electron chi connectivity index (χ3n) is 3.38. The summed E-state index contributed by atoms with van der Waals surface area (Å²) in [6.45, 7) is 0. The van der Waals surface area contributed by atoms with Crippen LogP contribution in [-0.4, -0.2) is 10.1 Å². The van der Waals surface area contributed by atoms with E-state index in [9.17, 15) is 0 Å². The maximum atomic E-state index is 6.00. The van der Waals surface area contributed by atoms with Gasteiger partial charge in [-0.25, -0.2) is 0 Å². The van der Waals surface area contributed by atoms with Crippen LogP contribution in [0.25, 0.3) is 32.7 Å². The van der Waals surface area contributed by atoms with Crippen molar-refractivity contribution >= 4 is 28.1 Å². The summed E-state index contributed by atoms with van der Waals surface area (Å²) in [4.78, 5) is 5.42. The molecule has 0 atom stereocenters. The van der Waals surface area contributed by atoms with E-state index < -0.39 is 0 Å². The summed E-state index contributed by atoms with van der Waals surface area (Å²) in [7, 11) is 0. The molecule has 4 nitrogen and oxygen atoms in total. The second-order valence-electron chi connectivity index (χ2n) is 4.62. The van der Waals surface area contributed by atoms with Crippen molar-refractivity contribution in [1.82, 2.24) is 10.1 Å². The van der Waals surface area contributed by atoms with Gasteiger partial charge in [0.25, 0.3) is 0 Å². The van der Waals surface area contributed by atoms with Crippen molar-refractivity contribution in [3.05, 3.63) is 54.0 Å². The van der Waals surface area contributed by atoms with Gasteiger partial charge in [0, 0.05) is 22.0 Å². The second kappa shape index (κ2) is 4.71. The van der Waals surface area contributed by atoms with Gasteiger partial charge in [0.05, 0.1) is 11.1 Å². The van der Waals surface area contributed by atoms with Gasteiger partial charge in [-0.15, -0.1) is 11.3 Å². The van der Waals surface area contributed by atoms with Crippen molar-refractivity contribution in [1.29, 1.82) is 0 Å². The van der Waals surface area contributed by atoms with Crippen LogP contribution in [0.1, 0.15) is 0 Å². The minimum absolute atomic E-state index is 0.411. The summed E-state index contributed by atoms with van der Waals surface area (Å²) in [5, 5.41) is 6.98. The Hall–Kier alpha value is -2.66. The Labute approximate surface area is 124 Å². The van der Waals surface area contributed by atoms with Crippen molar-refractivity contribution in [2.75, 3.05) is 5.73 Å². The first-order chi connectivity index (χ1) is 10.3. The van der Waals surface area contributed by atoms with E-state index in [0.717, 1.165) is 26.9 Å². The Balaban J connectivity index is 2.03. The Morgan fingerprint density at radius 3 is 2.86 bits per heavy atom. The largest absolute Gasteiger partial charge is 0.380 e. The van der Waals surface area contributed by atoms with Gasteiger partial charge in [-0.05, 0) is 23.6 Å². The molecule has 21 heavy (non-hydrogen) atoms. The number of hydrogen-bond donors (Lipinski definition) is 1. The third-order valence-corrected chi connectivity index (χ3v) is 4.26. The molecule has 0 aliphatic carbocycles. The van der Waals surface area contributed by atoms with Crippen LogP contribution in [0.3, 0.4) is 0 Å². The summed E-state index contributed by atoms with van der Waals surface area (Å²) < 4.78 is 5.52. The molecular weight excluding hydrogens is 282 g/mol. The smallest absolute Gasteiger partial charge is 0.178 e. The molecule has 5 heteroatoms. The average Bonchev–Trinajstić information content (AvgIpc) is 3.16. The Morgan fingerprint density at radius 1 is 1.05 bits per heavy atom. The molecule has 0 radical (unpaired) electrons. The Bertz CT molecular complexity index is 907. The molecule has 3 heterocycles. The predicted molar refractivity (Wildman–Crippen MR) is 85.0 cm³/mol. The molecule has 0 spiro atoms. The molecular formula is C16H11N3OS. The first-order valence-corrected chi connectivity index (χ1v) is 7.35. The van der Waals surface area contributed by atoms with Crippen LogP contribution in [0.5, 0.6) is 0 Å². The highest BCUT2D eigenvalue weighted by Gasteiger charge is 2.20. The first-order valence-electron chi connectivity index (χ1n) is 6.48. The van der Waals surface area contributed by atoms with Crippen LogP contribution in [0.2, 0.25) is 0 Å². The minimum atomic E-state index is 0.411. The van der Waals surface area contributed by atoms with Gasteiger partial charge < -0.3 is 10.3 Å². The van der Waals surface area contributed by atoms with Crippen molar-refractivity contribution in [2.45, 2.75) is 0 Å². The van der Waals surface area contributed by atoms with Crippen LogP contribution in [0, 0.1) is 0 Å². The number of nitrogen functional groups attached to an aromatic ring is 1. The SMILES string of the molecule is Nc1noc(-c2cccc3ncccc23)c1-c1cccs1. The van der Waals surface area contributed by atoms with Crippen molar-refractivity contribution in [2.24, 2.45) is 0 Å². The van der Waals surface area contributed by atoms with E-state index in [4.69, 9.17) is 10.3 Å². The van der Waals surface area contributed by atoms with Crippen LogP contribution < -0.4 is 5.73 Å². The van der Waals surface area contributed by atoms with Crippen molar-refractivity contribution in [3.8, 4) is 21.8 Å². The van der Waals surface area contributed by atoms with Gasteiger partial charge in [0.1, 0.15) is 0 Å². The van der Waals surface area contributed by atoms with E-state index in [1.807, 2.05) is 47.8 Å². The van der Waals surface area contributed by atoms with Gasteiger partial charge in [0.2, 0.25) is 0 Å². The third kappa shape index (κ3) is 1.90. The molecule has 0 aliphatic heterocycles. The predicted octanol–water partition coefficient (Wildman–Crippen LogP) is 4.20. The summed E-state index contributed by atoms with van der Waals surface area (Å²) >= 11 is 1.61. The number of hydrogen-bond acceptors (Lipinski definition) is 5. The molecule has 0 bridgehead atoms. The number of aromatic nitrogens is 2. The summed E-state index contributed by atoms with van der Waals surface area (Å²) in [5.41, 5.74) is 8.72. The maximum absolute atomic E-state index is 6.00. The molecule has 4 aromatic rings. The second-order valence-corrected chi connectivity index (χ2v) is 5.57. The molecule has 2 N–H and O–H groups in total.